The average Bonchev–Trinajstić information content (AvgIpc) is 4.09. The van der Waals surface area contributed by atoms with Crippen LogP contribution in [-0.4, -0.2) is 21.8 Å². The first-order valence-corrected chi connectivity index (χ1v) is 26.2. The van der Waals surface area contributed by atoms with Crippen LogP contribution in [0.4, 0.5) is 0 Å². The molecule has 0 saturated heterocycles. The molecule has 328 valence electrons. The van der Waals surface area contributed by atoms with Crippen LogP contribution in [0.5, 0.6) is 0 Å². The van der Waals surface area contributed by atoms with E-state index in [0.29, 0.717) is 0 Å². The average molecular weight is 908 g/mol. The molecule has 0 spiro atoms. The SMILES string of the molecule is c1ccc(-c2cccc(-c3ccccc3)c2-n2c3cccc4c3c3c(cccc32)n4-c2ccc3c(c2)c2ccccc2n3-c2cccc([Si](c3ccccc3)(c3ccccc3)c3ccccc3)c2)cc1. The van der Waals surface area contributed by atoms with Gasteiger partial charge >= 0.3 is 0 Å². The zero-order valence-corrected chi connectivity index (χ0v) is 39.3. The summed E-state index contributed by atoms with van der Waals surface area (Å²) in [5.74, 6) is 0. The molecule has 0 aliphatic rings. The minimum atomic E-state index is -2.76. The highest BCUT2D eigenvalue weighted by atomic mass is 28.3. The first kappa shape index (κ1) is 40.1. The lowest BCUT2D eigenvalue weighted by molar-refractivity contribution is 1.15. The van der Waals surface area contributed by atoms with Gasteiger partial charge in [-0.2, -0.15) is 0 Å². The van der Waals surface area contributed by atoms with Crippen molar-refractivity contribution in [1.82, 2.24) is 13.7 Å². The second-order valence-corrected chi connectivity index (χ2v) is 22.2. The lowest BCUT2D eigenvalue weighted by Gasteiger charge is -2.34. The molecule has 0 amide bonds. The Morgan fingerprint density at radius 3 is 1.17 bits per heavy atom. The summed E-state index contributed by atoms with van der Waals surface area (Å²) < 4.78 is 7.49. The summed E-state index contributed by atoms with van der Waals surface area (Å²) in [4.78, 5) is 0. The number of para-hydroxylation sites is 2. The largest absolute Gasteiger partial charge is 0.309 e. The summed E-state index contributed by atoms with van der Waals surface area (Å²) in [7, 11) is -2.76. The van der Waals surface area contributed by atoms with Gasteiger partial charge in [-0.25, -0.2) is 0 Å². The van der Waals surface area contributed by atoms with Crippen molar-refractivity contribution in [3.8, 4) is 39.3 Å². The fourth-order valence-corrected chi connectivity index (χ4v) is 16.7. The van der Waals surface area contributed by atoms with Crippen molar-refractivity contribution >= 4 is 83.5 Å². The van der Waals surface area contributed by atoms with Gasteiger partial charge in [-0.1, -0.05) is 212 Å². The molecule has 0 aliphatic carbocycles. The van der Waals surface area contributed by atoms with E-state index in [2.05, 4.69) is 287 Å². The second-order valence-electron chi connectivity index (χ2n) is 18.4. The molecule has 3 nitrogen and oxygen atoms in total. The predicted molar refractivity (Wildman–Crippen MR) is 298 cm³/mol. The molecule has 0 aliphatic heterocycles. The highest BCUT2D eigenvalue weighted by Crippen LogP contribution is 2.46. The van der Waals surface area contributed by atoms with Crippen LogP contribution in [0.2, 0.25) is 0 Å². The van der Waals surface area contributed by atoms with Gasteiger partial charge < -0.3 is 13.7 Å². The number of rotatable bonds is 9. The van der Waals surface area contributed by atoms with Crippen molar-refractivity contribution < 1.29 is 0 Å². The molecule has 0 bridgehead atoms. The van der Waals surface area contributed by atoms with E-state index in [-0.39, 0.29) is 0 Å². The summed E-state index contributed by atoms with van der Waals surface area (Å²) >= 11 is 0. The van der Waals surface area contributed by atoms with Gasteiger partial charge in [-0.3, -0.25) is 0 Å². The Hall–Kier alpha value is -8.96. The Balaban J connectivity index is 0.974. The molecule has 0 saturated carbocycles. The van der Waals surface area contributed by atoms with E-state index < -0.39 is 8.07 Å². The minimum Gasteiger partial charge on any atom is -0.309 e. The van der Waals surface area contributed by atoms with Crippen molar-refractivity contribution in [3.63, 3.8) is 0 Å². The normalized spacial score (nSPS) is 12.0. The van der Waals surface area contributed by atoms with Crippen LogP contribution in [0.3, 0.4) is 0 Å². The van der Waals surface area contributed by atoms with Gasteiger partial charge in [-0.15, -0.1) is 0 Å². The van der Waals surface area contributed by atoms with Crippen LogP contribution >= 0.6 is 0 Å². The monoisotopic (exact) mass is 907 g/mol. The van der Waals surface area contributed by atoms with Crippen LogP contribution < -0.4 is 20.7 Å². The van der Waals surface area contributed by atoms with E-state index in [1.165, 1.54) is 103 Å². The van der Waals surface area contributed by atoms with E-state index >= 15 is 0 Å². The van der Waals surface area contributed by atoms with Crippen molar-refractivity contribution in [3.05, 3.63) is 273 Å². The third kappa shape index (κ3) is 5.94. The van der Waals surface area contributed by atoms with Gasteiger partial charge in [0.25, 0.3) is 0 Å². The van der Waals surface area contributed by atoms with Crippen molar-refractivity contribution in [2.75, 3.05) is 0 Å². The molecular weight excluding hydrogens is 863 g/mol. The maximum atomic E-state index is 2.52. The summed E-state index contributed by atoms with van der Waals surface area (Å²) in [6.45, 7) is 0. The summed E-state index contributed by atoms with van der Waals surface area (Å²) in [6, 6.07) is 101. The third-order valence-electron chi connectivity index (χ3n) is 14.8. The molecule has 3 aromatic heterocycles. The van der Waals surface area contributed by atoms with Crippen LogP contribution in [0.1, 0.15) is 0 Å². The lowest BCUT2D eigenvalue weighted by Crippen LogP contribution is -2.74. The Bertz CT molecular complexity index is 3990. The number of fused-ring (bicyclic) bond motifs is 3. The maximum Gasteiger partial charge on any atom is 0.179 e. The minimum absolute atomic E-state index is 1.14. The smallest absolute Gasteiger partial charge is 0.179 e. The molecule has 0 unspecified atom stereocenters. The van der Waals surface area contributed by atoms with E-state index in [0.717, 1.165) is 11.4 Å². The van der Waals surface area contributed by atoms with Gasteiger partial charge in [0, 0.05) is 44.0 Å². The Kier molecular flexibility index (Phi) is 9.23. The Morgan fingerprint density at radius 2 is 0.629 bits per heavy atom. The molecule has 0 N–H and O–H groups in total. The van der Waals surface area contributed by atoms with Gasteiger partial charge in [0.1, 0.15) is 0 Å². The van der Waals surface area contributed by atoms with E-state index in [4.69, 9.17) is 0 Å². The van der Waals surface area contributed by atoms with E-state index in [1.807, 2.05) is 0 Å². The number of benzene rings is 11. The molecule has 0 radical (unpaired) electrons. The van der Waals surface area contributed by atoms with Crippen molar-refractivity contribution in [2.24, 2.45) is 0 Å². The predicted octanol–water partition coefficient (Wildman–Crippen LogP) is 14.0. The number of nitrogens with zero attached hydrogens (tertiary/aromatic N) is 3. The molecule has 3 heterocycles. The highest BCUT2D eigenvalue weighted by molar-refractivity contribution is 7.19. The number of hydrogen-bond donors (Lipinski definition) is 0. The zero-order valence-electron chi connectivity index (χ0n) is 38.3. The number of hydrogen-bond acceptors (Lipinski definition) is 0. The quantitative estimate of drug-likeness (QED) is 0.101. The Morgan fingerprint density at radius 1 is 0.243 bits per heavy atom. The van der Waals surface area contributed by atoms with Crippen LogP contribution in [0.25, 0.3) is 94.0 Å². The molecular formula is C66H45N3Si. The zero-order chi connectivity index (χ0) is 46.2. The molecule has 4 heteroatoms. The summed E-state index contributed by atoms with van der Waals surface area (Å²) in [5, 5.41) is 10.4. The van der Waals surface area contributed by atoms with Crippen LogP contribution in [-0.2, 0) is 0 Å². The van der Waals surface area contributed by atoms with Crippen LogP contribution in [0, 0.1) is 0 Å². The highest BCUT2D eigenvalue weighted by Gasteiger charge is 2.41. The van der Waals surface area contributed by atoms with Gasteiger partial charge in [-0.05, 0) is 92.5 Å². The summed E-state index contributed by atoms with van der Waals surface area (Å²) in [5.41, 5.74) is 15.4. The maximum absolute atomic E-state index is 2.76. The van der Waals surface area contributed by atoms with Crippen molar-refractivity contribution in [1.29, 1.82) is 0 Å². The molecule has 11 aromatic carbocycles. The van der Waals surface area contributed by atoms with E-state index in [9.17, 15) is 0 Å². The topological polar surface area (TPSA) is 14.8 Å². The number of aromatic nitrogens is 3. The van der Waals surface area contributed by atoms with E-state index in [1.54, 1.807) is 0 Å². The molecule has 0 atom stereocenters. The van der Waals surface area contributed by atoms with Gasteiger partial charge in [0.05, 0.1) is 38.8 Å². The fraction of sp³-hybridized carbons (Fsp3) is 0. The summed E-state index contributed by atoms with van der Waals surface area (Å²) in [6.07, 6.45) is 0. The van der Waals surface area contributed by atoms with Gasteiger partial charge in [0.15, 0.2) is 8.07 Å². The van der Waals surface area contributed by atoms with Crippen LogP contribution in [0.15, 0.2) is 273 Å². The van der Waals surface area contributed by atoms with Crippen molar-refractivity contribution in [2.45, 2.75) is 0 Å². The lowest BCUT2D eigenvalue weighted by atomic mass is 9.95. The third-order valence-corrected chi connectivity index (χ3v) is 19.5. The Labute approximate surface area is 407 Å². The standard InChI is InChI=1S/C66H45N3Si/c1-6-22-46(23-7-1)54-35-19-36-55(47-24-8-2-9-25-47)66(54)69-62-40-20-38-60-64(62)65-61(39-21-41-63(65)69)68(60)49-42-43-59-57(45-49)56-34-16-17-37-58(56)67(59)48-26-18-33-53(44-48)70(50-27-10-3-11-28-50,51-29-12-4-13-30-51)52-31-14-5-15-32-52/h1-45H. The fourth-order valence-electron chi connectivity index (χ4n) is 11.9. The van der Waals surface area contributed by atoms with Gasteiger partial charge in [0.2, 0.25) is 0 Å². The first-order valence-electron chi connectivity index (χ1n) is 24.2. The second kappa shape index (κ2) is 16.1. The first-order chi connectivity index (χ1) is 34.8. The molecule has 70 heavy (non-hydrogen) atoms. The molecule has 14 rings (SSSR count). The molecule has 14 aromatic rings. The molecule has 0 fully saturated rings.